The average molecular weight is 579 g/mol. The number of hydrogen-bond acceptors (Lipinski definition) is 4. The van der Waals surface area contributed by atoms with Crippen LogP contribution in [0.2, 0.25) is 0 Å². The predicted molar refractivity (Wildman–Crippen MR) is 127 cm³/mol. The number of benzene rings is 1. The van der Waals surface area contributed by atoms with E-state index in [0.717, 1.165) is 38.5 Å². The highest BCUT2D eigenvalue weighted by atomic mass is 79.9. The van der Waals surface area contributed by atoms with Crippen molar-refractivity contribution in [1.82, 2.24) is 10.3 Å². The lowest BCUT2D eigenvalue weighted by atomic mass is 9.63. The molecule has 1 amide bonds. The van der Waals surface area contributed by atoms with Crippen LogP contribution in [0.15, 0.2) is 28.9 Å². The van der Waals surface area contributed by atoms with Gasteiger partial charge in [0.15, 0.2) is 0 Å². The molecule has 1 heterocycles. The van der Waals surface area contributed by atoms with Crippen molar-refractivity contribution >= 4 is 32.7 Å². The van der Waals surface area contributed by atoms with Crippen LogP contribution in [0.1, 0.15) is 55.3 Å². The van der Waals surface area contributed by atoms with Crippen LogP contribution in [0.3, 0.4) is 0 Å². The van der Waals surface area contributed by atoms with Crippen molar-refractivity contribution in [3.05, 3.63) is 34.4 Å². The molecule has 1 aromatic carbocycles. The number of nitrogens with one attached hydrogen (secondary N) is 1. The summed E-state index contributed by atoms with van der Waals surface area (Å²) in [6, 6.07) is 4.54. The van der Waals surface area contributed by atoms with Crippen LogP contribution in [-0.2, 0) is 0 Å². The molecule has 2 fully saturated rings. The van der Waals surface area contributed by atoms with Gasteiger partial charge >= 0.3 is 12.8 Å². The minimum absolute atomic E-state index is 0.00507. The van der Waals surface area contributed by atoms with E-state index in [1.54, 1.807) is 12.1 Å². The van der Waals surface area contributed by atoms with Crippen LogP contribution in [0.4, 0.5) is 22.0 Å². The first kappa shape index (κ1) is 27.0. The zero-order valence-corrected chi connectivity index (χ0v) is 21.0. The van der Waals surface area contributed by atoms with Gasteiger partial charge in [-0.2, -0.15) is 22.0 Å². The topological polar surface area (TPSA) is 71.5 Å². The Hall–Kier alpha value is -2.01. The van der Waals surface area contributed by atoms with Crippen LogP contribution >= 0.6 is 15.9 Å². The molecule has 5 nitrogen and oxygen atoms in total. The molecule has 2 aliphatic carbocycles. The Bertz CT molecular complexity index is 1080. The molecular weight excluding hydrogens is 551 g/mol. The number of aromatic nitrogens is 1. The quantitative estimate of drug-likeness (QED) is 0.352. The number of carbonyl (C=O) groups is 1. The number of amides is 1. The van der Waals surface area contributed by atoms with E-state index in [1.807, 2.05) is 0 Å². The first-order valence-electron chi connectivity index (χ1n) is 12.1. The van der Waals surface area contributed by atoms with E-state index < -0.39 is 31.2 Å². The molecule has 36 heavy (non-hydrogen) atoms. The van der Waals surface area contributed by atoms with Crippen LogP contribution in [0, 0.1) is 23.7 Å². The number of nitrogens with zero attached hydrogens (tertiary/aromatic N) is 1. The number of carbonyl (C=O) groups excluding carboxylic acids is 1. The molecule has 0 radical (unpaired) electrons. The Kier molecular flexibility index (Phi) is 8.38. The van der Waals surface area contributed by atoms with E-state index in [9.17, 15) is 31.9 Å². The van der Waals surface area contributed by atoms with Crippen molar-refractivity contribution in [1.29, 1.82) is 0 Å². The van der Waals surface area contributed by atoms with Gasteiger partial charge in [0.25, 0.3) is 5.91 Å². The SMILES string of the molecule is O=C(NC1CCC(CC2CCC2[C@H](CO)C(F)(F)F)CC1)c1cnc2cc(OC(F)F)c(Br)cc2c1. The number of hydrogen-bond donors (Lipinski definition) is 2. The number of pyridine rings is 1. The molecule has 0 aliphatic heterocycles. The third kappa shape index (κ3) is 6.27. The van der Waals surface area contributed by atoms with Crippen molar-refractivity contribution < 1.29 is 36.6 Å². The minimum atomic E-state index is -4.37. The molecule has 3 atom stereocenters. The molecule has 1 aromatic heterocycles. The zero-order valence-electron chi connectivity index (χ0n) is 19.4. The largest absolute Gasteiger partial charge is 0.434 e. The summed E-state index contributed by atoms with van der Waals surface area (Å²) in [5.74, 6) is -2.14. The molecular formula is C25H28BrF5N2O3. The van der Waals surface area contributed by atoms with Gasteiger partial charge in [0, 0.05) is 23.7 Å². The van der Waals surface area contributed by atoms with Crippen LogP contribution in [-0.4, -0.2) is 41.4 Å². The van der Waals surface area contributed by atoms with E-state index in [-0.39, 0.29) is 23.6 Å². The van der Waals surface area contributed by atoms with Gasteiger partial charge in [0.1, 0.15) is 5.75 Å². The van der Waals surface area contributed by atoms with Gasteiger partial charge in [-0.05, 0) is 90.8 Å². The lowest BCUT2D eigenvalue weighted by Gasteiger charge is -2.44. The van der Waals surface area contributed by atoms with E-state index in [4.69, 9.17) is 0 Å². The van der Waals surface area contributed by atoms with Crippen molar-refractivity contribution in [2.24, 2.45) is 23.7 Å². The van der Waals surface area contributed by atoms with Gasteiger partial charge in [-0.25, -0.2) is 0 Å². The van der Waals surface area contributed by atoms with Gasteiger partial charge in [-0.1, -0.05) is 0 Å². The number of alkyl halides is 5. The first-order valence-corrected chi connectivity index (χ1v) is 12.9. The average Bonchev–Trinajstić information content (AvgIpc) is 2.80. The highest BCUT2D eigenvalue weighted by molar-refractivity contribution is 9.10. The number of fused-ring (bicyclic) bond motifs is 1. The Morgan fingerprint density at radius 1 is 1.14 bits per heavy atom. The van der Waals surface area contributed by atoms with Crippen LogP contribution in [0.25, 0.3) is 10.9 Å². The first-order chi connectivity index (χ1) is 17.0. The Labute approximate surface area is 213 Å². The monoisotopic (exact) mass is 578 g/mol. The van der Waals surface area contributed by atoms with Crippen LogP contribution in [0.5, 0.6) is 5.75 Å². The third-order valence-corrected chi connectivity index (χ3v) is 8.26. The summed E-state index contributed by atoms with van der Waals surface area (Å²) in [6.07, 6.45) is 2.20. The molecule has 2 N–H and O–H groups in total. The summed E-state index contributed by atoms with van der Waals surface area (Å²) in [6.45, 7) is -3.82. The maximum Gasteiger partial charge on any atom is 0.394 e. The van der Waals surface area contributed by atoms with E-state index in [1.165, 1.54) is 12.3 Å². The van der Waals surface area contributed by atoms with Crippen molar-refractivity contribution in [2.45, 2.75) is 63.8 Å². The summed E-state index contributed by atoms with van der Waals surface area (Å²) in [4.78, 5) is 17.0. The molecule has 0 spiro atoms. The Balaban J connectivity index is 1.29. The lowest BCUT2D eigenvalue weighted by molar-refractivity contribution is -0.214. The summed E-state index contributed by atoms with van der Waals surface area (Å²) in [7, 11) is 0. The van der Waals surface area contributed by atoms with Crippen molar-refractivity contribution in [3.8, 4) is 5.75 Å². The van der Waals surface area contributed by atoms with Gasteiger partial charge < -0.3 is 15.2 Å². The highest BCUT2D eigenvalue weighted by Gasteiger charge is 2.50. The third-order valence-electron chi connectivity index (χ3n) is 7.64. The van der Waals surface area contributed by atoms with Gasteiger partial charge in [-0.15, -0.1) is 0 Å². The van der Waals surface area contributed by atoms with Crippen LogP contribution < -0.4 is 10.1 Å². The Morgan fingerprint density at radius 3 is 2.44 bits per heavy atom. The number of halogens is 6. The summed E-state index contributed by atoms with van der Waals surface area (Å²) in [5.41, 5.74) is 0.757. The van der Waals surface area contributed by atoms with Gasteiger partial charge in [-0.3, -0.25) is 9.78 Å². The lowest BCUT2D eigenvalue weighted by Crippen LogP contribution is -2.43. The van der Waals surface area contributed by atoms with E-state index >= 15 is 0 Å². The fourth-order valence-corrected chi connectivity index (χ4v) is 6.03. The van der Waals surface area contributed by atoms with Gasteiger partial charge in [0.2, 0.25) is 0 Å². The molecule has 11 heteroatoms. The molecule has 0 bridgehead atoms. The number of rotatable bonds is 8. The fourth-order valence-electron chi connectivity index (χ4n) is 5.58. The Morgan fingerprint density at radius 2 is 1.86 bits per heavy atom. The van der Waals surface area contributed by atoms with Crippen molar-refractivity contribution in [2.75, 3.05) is 6.61 Å². The summed E-state index contributed by atoms with van der Waals surface area (Å²) >= 11 is 3.19. The zero-order chi connectivity index (χ0) is 26.0. The molecule has 0 saturated heterocycles. The fraction of sp³-hybridized carbons (Fsp3) is 0.600. The minimum Gasteiger partial charge on any atom is -0.434 e. The number of ether oxygens (including phenoxy) is 1. The standard InChI is InChI=1S/C25H28BrF5N2O3/c26-20-9-15-8-16(11-32-21(15)10-22(20)36-24(27)28)23(35)33-17-4-1-13(2-5-17)7-14-3-6-18(14)19(12-34)25(29,30)31/h8-11,13-14,17-19,24,34H,1-7,12H2,(H,33,35)/t13?,14?,17?,18?,19-/m0/s1. The second-order valence-corrected chi connectivity index (χ2v) is 10.7. The van der Waals surface area contributed by atoms with E-state index in [0.29, 0.717) is 33.3 Å². The van der Waals surface area contributed by atoms with Gasteiger partial charge in [0.05, 0.1) is 28.1 Å². The maximum atomic E-state index is 13.2. The highest BCUT2D eigenvalue weighted by Crippen LogP contribution is 2.49. The summed E-state index contributed by atoms with van der Waals surface area (Å²) in [5, 5.41) is 12.9. The molecule has 198 valence electrons. The van der Waals surface area contributed by atoms with Crippen molar-refractivity contribution in [3.63, 3.8) is 0 Å². The second-order valence-electron chi connectivity index (χ2n) is 9.84. The molecule has 2 saturated carbocycles. The second kappa shape index (κ2) is 11.2. The maximum absolute atomic E-state index is 13.2. The number of aliphatic hydroxyl groups excluding tert-OH is 1. The smallest absolute Gasteiger partial charge is 0.394 e. The predicted octanol–water partition coefficient (Wildman–Crippen LogP) is 6.47. The number of aliphatic hydroxyl groups is 1. The normalized spacial score (nSPS) is 25.4. The molecule has 2 unspecified atom stereocenters. The molecule has 2 aliphatic rings. The summed E-state index contributed by atoms with van der Waals surface area (Å²) < 4.78 is 69.4. The molecule has 4 rings (SSSR count). The molecule has 2 aromatic rings. The van der Waals surface area contributed by atoms with E-state index in [2.05, 4.69) is 31.0 Å².